The van der Waals surface area contributed by atoms with Crippen molar-refractivity contribution in [3.8, 4) is 11.8 Å². The summed E-state index contributed by atoms with van der Waals surface area (Å²) in [6.07, 6.45) is 1.65. The Bertz CT molecular complexity index is 855. The van der Waals surface area contributed by atoms with E-state index >= 15 is 0 Å². The molecule has 1 aliphatic rings. The van der Waals surface area contributed by atoms with Crippen LogP contribution in [0.2, 0.25) is 0 Å². The Kier molecular flexibility index (Phi) is 5.18. The predicted molar refractivity (Wildman–Crippen MR) is 96.5 cm³/mol. The van der Waals surface area contributed by atoms with E-state index in [1.54, 1.807) is 36.3 Å². The molecule has 1 heterocycles. The van der Waals surface area contributed by atoms with Gasteiger partial charge in [-0.25, -0.2) is 0 Å². The van der Waals surface area contributed by atoms with E-state index in [9.17, 15) is 9.59 Å². The molecule has 0 aromatic heterocycles. The maximum absolute atomic E-state index is 12.6. The minimum Gasteiger partial charge on any atom is -0.497 e. The molecule has 0 bridgehead atoms. The van der Waals surface area contributed by atoms with Gasteiger partial charge in [-0.3, -0.25) is 9.59 Å². The van der Waals surface area contributed by atoms with Crippen molar-refractivity contribution in [1.82, 2.24) is 4.90 Å². The van der Waals surface area contributed by atoms with Gasteiger partial charge in [-0.15, -0.1) is 0 Å². The molecule has 1 fully saturated rings. The average molecular weight is 349 g/mol. The fourth-order valence-electron chi connectivity index (χ4n) is 3.15. The number of hydrogen-bond donors (Lipinski definition) is 1. The van der Waals surface area contributed by atoms with Crippen LogP contribution in [0.1, 0.15) is 30.0 Å². The summed E-state index contributed by atoms with van der Waals surface area (Å²) in [5, 5.41) is 11.4. The first-order valence-corrected chi connectivity index (χ1v) is 8.38. The number of nitrogens with one attached hydrogen (secondary N) is 1. The number of benzene rings is 2. The molecule has 1 saturated heterocycles. The zero-order chi connectivity index (χ0) is 18.5. The lowest BCUT2D eigenvalue weighted by Gasteiger charge is -2.24. The molecule has 2 aromatic rings. The number of rotatable bonds is 3. The number of nitriles is 1. The highest BCUT2D eigenvalue weighted by Gasteiger charge is 2.33. The lowest BCUT2D eigenvalue weighted by Crippen LogP contribution is -2.39. The van der Waals surface area contributed by atoms with E-state index in [1.807, 2.05) is 30.3 Å². The van der Waals surface area contributed by atoms with Gasteiger partial charge in [0.05, 0.1) is 24.8 Å². The highest BCUT2D eigenvalue weighted by molar-refractivity contribution is 6.39. The van der Waals surface area contributed by atoms with Crippen LogP contribution >= 0.6 is 0 Å². The van der Waals surface area contributed by atoms with Gasteiger partial charge >= 0.3 is 11.8 Å². The molecular weight excluding hydrogens is 330 g/mol. The Morgan fingerprint density at radius 3 is 2.69 bits per heavy atom. The first-order valence-electron chi connectivity index (χ1n) is 8.38. The van der Waals surface area contributed by atoms with Crippen molar-refractivity contribution < 1.29 is 14.3 Å². The Labute approximate surface area is 152 Å². The Balaban J connectivity index is 1.72. The molecule has 1 unspecified atom stereocenters. The van der Waals surface area contributed by atoms with Crippen LogP contribution in [0, 0.1) is 11.3 Å². The number of nitrogens with zero attached hydrogens (tertiary/aromatic N) is 2. The quantitative estimate of drug-likeness (QED) is 0.864. The molecule has 2 aromatic carbocycles. The molecule has 1 aliphatic heterocycles. The van der Waals surface area contributed by atoms with E-state index in [2.05, 4.69) is 5.32 Å². The normalized spacial score (nSPS) is 16.0. The third-order valence-corrected chi connectivity index (χ3v) is 4.46. The Morgan fingerprint density at radius 1 is 1.23 bits per heavy atom. The van der Waals surface area contributed by atoms with E-state index in [-0.39, 0.29) is 6.04 Å². The molecule has 0 spiro atoms. The first kappa shape index (κ1) is 17.5. The van der Waals surface area contributed by atoms with Gasteiger partial charge in [0.1, 0.15) is 5.75 Å². The highest BCUT2D eigenvalue weighted by Crippen LogP contribution is 2.33. The second kappa shape index (κ2) is 7.70. The molecule has 0 aliphatic carbocycles. The van der Waals surface area contributed by atoms with Crippen molar-refractivity contribution in [2.24, 2.45) is 0 Å². The third kappa shape index (κ3) is 3.67. The van der Waals surface area contributed by atoms with Crippen LogP contribution < -0.4 is 10.1 Å². The van der Waals surface area contributed by atoms with Crippen LogP contribution in [-0.2, 0) is 9.59 Å². The summed E-state index contributed by atoms with van der Waals surface area (Å²) in [5.41, 5.74) is 1.94. The Hall–Kier alpha value is -3.33. The molecule has 6 nitrogen and oxygen atoms in total. The van der Waals surface area contributed by atoms with E-state index in [0.717, 1.165) is 24.2 Å². The van der Waals surface area contributed by atoms with E-state index < -0.39 is 11.8 Å². The predicted octanol–water partition coefficient (Wildman–Crippen LogP) is 2.87. The second-order valence-corrected chi connectivity index (χ2v) is 6.08. The average Bonchev–Trinajstić information content (AvgIpc) is 3.17. The van der Waals surface area contributed by atoms with Crippen LogP contribution in [0.25, 0.3) is 0 Å². The van der Waals surface area contributed by atoms with Gasteiger partial charge in [-0.2, -0.15) is 5.26 Å². The lowest BCUT2D eigenvalue weighted by atomic mass is 10.0. The molecule has 26 heavy (non-hydrogen) atoms. The van der Waals surface area contributed by atoms with Gasteiger partial charge in [-0.1, -0.05) is 12.1 Å². The second-order valence-electron chi connectivity index (χ2n) is 6.08. The molecule has 1 N–H and O–H groups in total. The van der Waals surface area contributed by atoms with Crippen molar-refractivity contribution in [3.05, 3.63) is 59.7 Å². The maximum atomic E-state index is 12.6. The maximum Gasteiger partial charge on any atom is 0.313 e. The van der Waals surface area contributed by atoms with Crippen molar-refractivity contribution >= 4 is 17.5 Å². The van der Waals surface area contributed by atoms with Crippen LogP contribution in [0.15, 0.2) is 48.5 Å². The zero-order valence-electron chi connectivity index (χ0n) is 14.4. The monoisotopic (exact) mass is 349 g/mol. The van der Waals surface area contributed by atoms with E-state index in [4.69, 9.17) is 10.00 Å². The summed E-state index contributed by atoms with van der Waals surface area (Å²) in [7, 11) is 1.60. The number of carbonyl (C=O) groups is 2. The summed E-state index contributed by atoms with van der Waals surface area (Å²) in [4.78, 5) is 26.6. The largest absolute Gasteiger partial charge is 0.497 e. The van der Waals surface area contributed by atoms with Gasteiger partial charge in [0.2, 0.25) is 0 Å². The number of amides is 2. The zero-order valence-corrected chi connectivity index (χ0v) is 14.4. The fraction of sp³-hybridized carbons (Fsp3) is 0.250. The number of hydrogen-bond acceptors (Lipinski definition) is 4. The van der Waals surface area contributed by atoms with Gasteiger partial charge in [-0.05, 0) is 54.8 Å². The number of ether oxygens (including phenoxy) is 1. The molecule has 0 radical (unpaired) electrons. The summed E-state index contributed by atoms with van der Waals surface area (Å²) < 4.78 is 5.25. The minimum atomic E-state index is -0.676. The molecule has 1 atom stereocenters. The van der Waals surface area contributed by atoms with Crippen LogP contribution in [0.4, 0.5) is 5.69 Å². The molecular formula is C20H19N3O3. The minimum absolute atomic E-state index is 0.135. The van der Waals surface area contributed by atoms with Crippen LogP contribution in [0.3, 0.4) is 0 Å². The SMILES string of the molecule is COc1cccc(C2CCCN2C(=O)C(=O)Nc2ccc(C#N)cc2)c1. The van der Waals surface area contributed by atoms with Gasteiger partial charge < -0.3 is 15.0 Å². The van der Waals surface area contributed by atoms with Crippen molar-refractivity contribution in [3.63, 3.8) is 0 Å². The summed E-state index contributed by atoms with van der Waals surface area (Å²) in [5.74, 6) is -0.506. The van der Waals surface area contributed by atoms with Gasteiger partial charge in [0, 0.05) is 12.2 Å². The number of likely N-dealkylation sites (tertiary alicyclic amines) is 1. The molecule has 6 heteroatoms. The van der Waals surface area contributed by atoms with Crippen molar-refractivity contribution in [2.75, 3.05) is 19.0 Å². The highest BCUT2D eigenvalue weighted by atomic mass is 16.5. The number of methoxy groups -OCH3 is 1. The summed E-state index contributed by atoms with van der Waals surface area (Å²) in [6, 6.07) is 15.8. The van der Waals surface area contributed by atoms with Crippen molar-refractivity contribution in [1.29, 1.82) is 5.26 Å². The topological polar surface area (TPSA) is 82.4 Å². The van der Waals surface area contributed by atoms with E-state index in [0.29, 0.717) is 17.8 Å². The van der Waals surface area contributed by atoms with E-state index in [1.165, 1.54) is 0 Å². The molecule has 132 valence electrons. The smallest absolute Gasteiger partial charge is 0.313 e. The molecule has 2 amide bonds. The van der Waals surface area contributed by atoms with Crippen LogP contribution in [0.5, 0.6) is 5.75 Å². The third-order valence-electron chi connectivity index (χ3n) is 4.46. The summed E-state index contributed by atoms with van der Waals surface area (Å²) >= 11 is 0. The molecule has 0 saturated carbocycles. The Morgan fingerprint density at radius 2 is 2.00 bits per heavy atom. The fourth-order valence-corrected chi connectivity index (χ4v) is 3.15. The number of anilines is 1. The molecule has 3 rings (SSSR count). The summed E-state index contributed by atoms with van der Waals surface area (Å²) in [6.45, 7) is 0.543. The first-order chi connectivity index (χ1) is 12.6. The van der Waals surface area contributed by atoms with Gasteiger partial charge in [0.25, 0.3) is 0 Å². The van der Waals surface area contributed by atoms with Crippen molar-refractivity contribution in [2.45, 2.75) is 18.9 Å². The number of carbonyl (C=O) groups excluding carboxylic acids is 2. The van der Waals surface area contributed by atoms with Gasteiger partial charge in [0.15, 0.2) is 0 Å². The lowest BCUT2D eigenvalue weighted by molar-refractivity contribution is -0.143. The van der Waals surface area contributed by atoms with Crippen LogP contribution in [-0.4, -0.2) is 30.4 Å². The standard InChI is InChI=1S/C20H19N3O3/c1-26-17-5-2-4-15(12-17)18-6-3-11-23(18)20(25)19(24)22-16-9-7-14(13-21)8-10-16/h2,4-5,7-10,12,18H,3,6,11H2,1H3,(H,22,24).